The molecule has 0 unspecified atom stereocenters. The molecule has 57 heavy (non-hydrogen) atoms. The number of aryl methyl sites for hydroxylation is 2. The third kappa shape index (κ3) is 8.18. The Kier molecular flexibility index (Phi) is 11.3. The Balaban J connectivity index is 0.000000232. The van der Waals surface area contributed by atoms with E-state index < -0.39 is 13.3 Å². The van der Waals surface area contributed by atoms with E-state index in [1.165, 1.54) is 26.6 Å². The SMILES string of the molecule is Cc1c[c-]c(-c2cc[c]([Ge]([CH3])([CH3])[CH3])cn2)cc1.Cc1ccc2c(c1)oc1c(-c3nc4ccccc4n3-c3ccc(-c4ccccc4)cc3C(C)(C)C)[c-]ncc12.[Ir]. The van der Waals surface area contributed by atoms with Gasteiger partial charge in [0.1, 0.15) is 5.58 Å². The Morgan fingerprint density at radius 2 is 1.47 bits per heavy atom. The summed E-state index contributed by atoms with van der Waals surface area (Å²) in [4.78, 5) is 14.2. The van der Waals surface area contributed by atoms with Gasteiger partial charge in [0.15, 0.2) is 0 Å². The first-order valence-corrected chi connectivity index (χ1v) is 26.5. The quantitative estimate of drug-likeness (QED) is 0.127. The van der Waals surface area contributed by atoms with Crippen molar-refractivity contribution in [1.29, 1.82) is 0 Å². The first-order valence-electron chi connectivity index (χ1n) is 19.2. The van der Waals surface area contributed by atoms with E-state index in [0.717, 1.165) is 66.9 Å². The maximum atomic E-state index is 6.46. The van der Waals surface area contributed by atoms with Crippen LogP contribution in [0.15, 0.2) is 138 Å². The minimum atomic E-state index is -1.73. The molecule has 0 aliphatic heterocycles. The van der Waals surface area contributed by atoms with Crippen LogP contribution in [0.25, 0.3) is 72.4 Å². The van der Waals surface area contributed by atoms with Gasteiger partial charge in [0.25, 0.3) is 0 Å². The van der Waals surface area contributed by atoms with Gasteiger partial charge in [-0.2, -0.15) is 0 Å². The van der Waals surface area contributed by atoms with E-state index in [2.05, 4.69) is 188 Å². The van der Waals surface area contributed by atoms with Crippen molar-refractivity contribution >= 4 is 50.6 Å². The summed E-state index contributed by atoms with van der Waals surface area (Å²) in [6.45, 7) is 10.9. The summed E-state index contributed by atoms with van der Waals surface area (Å²) in [5.41, 5.74) is 13.4. The number of imidazole rings is 1. The number of hydrogen-bond donors (Lipinski definition) is 0. The van der Waals surface area contributed by atoms with E-state index in [4.69, 9.17) is 9.40 Å². The van der Waals surface area contributed by atoms with E-state index in [1.54, 1.807) is 0 Å². The van der Waals surface area contributed by atoms with Gasteiger partial charge in [0.2, 0.25) is 0 Å². The van der Waals surface area contributed by atoms with Crippen molar-refractivity contribution in [2.24, 2.45) is 0 Å². The van der Waals surface area contributed by atoms with Gasteiger partial charge in [-0.25, -0.2) is 0 Å². The van der Waals surface area contributed by atoms with Gasteiger partial charge in [-0.15, -0.1) is 0 Å². The van der Waals surface area contributed by atoms with Gasteiger partial charge in [-0.1, -0.05) is 81.4 Å². The Bertz CT molecular complexity index is 2830. The van der Waals surface area contributed by atoms with Crippen molar-refractivity contribution in [3.63, 3.8) is 0 Å². The maximum absolute atomic E-state index is 6.46. The summed E-state index contributed by atoms with van der Waals surface area (Å²) < 4.78 is 10.1. The van der Waals surface area contributed by atoms with Crippen LogP contribution in [0.4, 0.5) is 0 Å². The summed E-state index contributed by atoms with van der Waals surface area (Å²) in [6.07, 6.45) is 7.12. The predicted molar refractivity (Wildman–Crippen MR) is 236 cm³/mol. The summed E-state index contributed by atoms with van der Waals surface area (Å²) in [5.74, 6) is 7.92. The van der Waals surface area contributed by atoms with E-state index in [0.29, 0.717) is 0 Å². The largest absolute Gasteiger partial charge is 0.500 e. The first-order chi connectivity index (χ1) is 26.8. The van der Waals surface area contributed by atoms with Crippen LogP contribution >= 0.6 is 0 Å². The monoisotopic (exact) mass is 985 g/mol. The summed E-state index contributed by atoms with van der Waals surface area (Å²) >= 11 is -1.73. The zero-order valence-corrected chi connectivity index (χ0v) is 38.2. The predicted octanol–water partition coefficient (Wildman–Crippen LogP) is 12.5. The molecule has 0 fully saturated rings. The van der Waals surface area contributed by atoms with Crippen LogP contribution in [-0.2, 0) is 25.5 Å². The minimum absolute atomic E-state index is 0. The zero-order chi connectivity index (χ0) is 39.2. The van der Waals surface area contributed by atoms with Gasteiger partial charge >= 0.3 is 106 Å². The molecule has 0 bridgehead atoms. The summed E-state index contributed by atoms with van der Waals surface area (Å²) in [6, 6.07) is 45.6. The van der Waals surface area contributed by atoms with Gasteiger partial charge in [0.05, 0.1) is 22.4 Å². The van der Waals surface area contributed by atoms with Crippen molar-refractivity contribution in [2.45, 2.75) is 57.3 Å². The Morgan fingerprint density at radius 1 is 0.719 bits per heavy atom. The third-order valence-electron chi connectivity index (χ3n) is 10.3. The Morgan fingerprint density at radius 3 is 2.18 bits per heavy atom. The average Bonchev–Trinajstić information content (AvgIpc) is 3.76. The number of benzene rings is 5. The fourth-order valence-corrected chi connectivity index (χ4v) is 9.31. The van der Waals surface area contributed by atoms with Crippen molar-refractivity contribution < 1.29 is 24.5 Å². The van der Waals surface area contributed by atoms with Crippen LogP contribution in [0, 0.1) is 26.1 Å². The summed E-state index contributed by atoms with van der Waals surface area (Å²) in [5, 5.41) is 2.01. The second kappa shape index (κ2) is 16.0. The number of para-hydroxylation sites is 2. The molecule has 0 N–H and O–H groups in total. The van der Waals surface area contributed by atoms with Crippen LogP contribution in [-0.4, -0.2) is 32.8 Å². The van der Waals surface area contributed by atoms with E-state index in [-0.39, 0.29) is 25.5 Å². The molecule has 1 radical (unpaired) electrons. The number of nitrogens with zero attached hydrogens (tertiary/aromatic N) is 4. The standard InChI is InChI=1S/C35H28N3O.C15H18GeN.Ir/c1-22-14-16-25-26-20-36-21-27(33(26)39-32(25)18-22)34-37-29-12-8-9-13-31(29)38(34)30-17-15-24(19-28(30)35(2,3)4)23-10-6-5-7-11-23;1-12-5-7-13(8-6-12)15-10-9-14(11-17-15)16(2,3)4;/h5-20H,1-4H3;5-7,9-11H,1-4H3;/q2*-1;. The molecule has 287 valence electrons. The number of aromatic nitrogens is 4. The molecule has 0 aliphatic carbocycles. The van der Waals surface area contributed by atoms with Crippen LogP contribution in [0.5, 0.6) is 0 Å². The molecule has 7 heteroatoms. The van der Waals surface area contributed by atoms with Crippen LogP contribution in [0.3, 0.4) is 0 Å². The number of furan rings is 1. The van der Waals surface area contributed by atoms with Gasteiger partial charge in [-0.3, -0.25) is 4.98 Å². The molecule has 9 rings (SSSR count). The second-order valence-corrected chi connectivity index (χ2v) is 27.3. The summed E-state index contributed by atoms with van der Waals surface area (Å²) in [7, 11) is 0. The van der Waals surface area contributed by atoms with Crippen molar-refractivity contribution in [2.75, 3.05) is 0 Å². The molecule has 0 amide bonds. The van der Waals surface area contributed by atoms with Gasteiger partial charge in [0, 0.05) is 31.2 Å². The van der Waals surface area contributed by atoms with E-state index in [1.807, 2.05) is 24.5 Å². The van der Waals surface area contributed by atoms with Crippen molar-refractivity contribution in [3.8, 4) is 39.5 Å². The Labute approximate surface area is 352 Å². The van der Waals surface area contributed by atoms with Crippen LogP contribution in [0.2, 0.25) is 17.3 Å². The van der Waals surface area contributed by atoms with Gasteiger partial charge < -0.3 is 14.0 Å². The van der Waals surface area contributed by atoms with Crippen LogP contribution in [0.1, 0.15) is 37.5 Å². The van der Waals surface area contributed by atoms with Gasteiger partial charge in [-0.05, 0) is 88.3 Å². The molecule has 9 aromatic rings. The minimum Gasteiger partial charge on any atom is -0.500 e. The smallest absolute Gasteiger partial charge is 0.121 e. The number of hydrogen-bond acceptors (Lipinski definition) is 4. The molecule has 0 aliphatic rings. The fourth-order valence-electron chi connectivity index (χ4n) is 7.14. The topological polar surface area (TPSA) is 56.7 Å². The average molecular weight is 984 g/mol. The maximum Gasteiger partial charge on any atom is 0.121 e. The molecule has 5 nitrogen and oxygen atoms in total. The number of fused-ring (bicyclic) bond motifs is 4. The van der Waals surface area contributed by atoms with E-state index in [9.17, 15) is 0 Å². The molecule has 0 spiro atoms. The molecular weight excluding hydrogens is 937 g/mol. The van der Waals surface area contributed by atoms with E-state index >= 15 is 0 Å². The molecular formula is C50H46GeIrN4O-2. The van der Waals surface area contributed by atoms with Crippen molar-refractivity contribution in [1.82, 2.24) is 19.5 Å². The molecule has 4 aromatic heterocycles. The molecule has 5 aromatic carbocycles. The van der Waals surface area contributed by atoms with Crippen LogP contribution < -0.4 is 4.40 Å². The van der Waals surface area contributed by atoms with Crippen molar-refractivity contribution in [3.05, 3.63) is 163 Å². The third-order valence-corrected chi connectivity index (χ3v) is 14.5. The number of rotatable bonds is 5. The molecule has 0 saturated carbocycles. The Hall–Kier alpha value is -5.14. The normalized spacial score (nSPS) is 11.7. The number of pyridine rings is 2. The molecule has 0 atom stereocenters. The first kappa shape index (κ1) is 40.1. The molecule has 4 heterocycles. The second-order valence-electron chi connectivity index (χ2n) is 16.7. The zero-order valence-electron chi connectivity index (χ0n) is 33.7. The fraction of sp³-hybridized carbons (Fsp3) is 0.180. The molecule has 0 saturated heterocycles.